The van der Waals surface area contributed by atoms with Gasteiger partial charge in [0.1, 0.15) is 0 Å². The quantitative estimate of drug-likeness (QED) is 0.899. The molecular weight excluding hydrogens is 236 g/mol. The summed E-state index contributed by atoms with van der Waals surface area (Å²) in [7, 11) is 1.58. The lowest BCUT2D eigenvalue weighted by molar-refractivity contribution is 0.390. The number of nitrogens with zero attached hydrogens (tertiary/aromatic N) is 2. The molecule has 0 bridgehead atoms. The smallest absolute Gasteiger partial charge is 0.168 e. The van der Waals surface area contributed by atoms with Gasteiger partial charge in [0.15, 0.2) is 23.3 Å². The fourth-order valence-corrected chi connectivity index (χ4v) is 2.41. The molecule has 0 amide bonds. The van der Waals surface area contributed by atoms with E-state index in [9.17, 15) is 8.78 Å². The third-order valence-corrected chi connectivity index (χ3v) is 3.64. The van der Waals surface area contributed by atoms with Gasteiger partial charge in [0.25, 0.3) is 0 Å². The van der Waals surface area contributed by atoms with Gasteiger partial charge in [0.2, 0.25) is 0 Å². The van der Waals surface area contributed by atoms with Crippen LogP contribution in [0.15, 0.2) is 6.07 Å². The van der Waals surface area contributed by atoms with E-state index in [1.165, 1.54) is 0 Å². The van der Waals surface area contributed by atoms with Crippen molar-refractivity contribution in [2.75, 3.05) is 30.4 Å². The maximum Gasteiger partial charge on any atom is 0.168 e. The number of pyridine rings is 1. The second-order valence-corrected chi connectivity index (χ2v) is 4.71. The van der Waals surface area contributed by atoms with Crippen LogP contribution in [0, 0.1) is 17.6 Å². The van der Waals surface area contributed by atoms with Crippen LogP contribution in [0.3, 0.4) is 0 Å². The van der Waals surface area contributed by atoms with Gasteiger partial charge in [-0.05, 0) is 18.8 Å². The highest BCUT2D eigenvalue weighted by molar-refractivity contribution is 5.49. The van der Waals surface area contributed by atoms with Gasteiger partial charge in [0, 0.05) is 26.2 Å². The fraction of sp³-hybridized carbons (Fsp3) is 0.615. The van der Waals surface area contributed by atoms with E-state index in [-0.39, 0.29) is 11.6 Å². The third-order valence-electron chi connectivity index (χ3n) is 3.64. The maximum absolute atomic E-state index is 13.8. The molecule has 0 radical (unpaired) electrons. The van der Waals surface area contributed by atoms with E-state index >= 15 is 0 Å². The molecule has 0 aromatic carbocycles. The Balaban J connectivity index is 2.18. The first-order valence-electron chi connectivity index (χ1n) is 6.44. The van der Waals surface area contributed by atoms with Gasteiger partial charge in [0.05, 0.1) is 0 Å². The summed E-state index contributed by atoms with van der Waals surface area (Å²) in [5.41, 5.74) is 0. The zero-order valence-corrected chi connectivity index (χ0v) is 10.8. The lowest BCUT2D eigenvalue weighted by atomic mass is 9.94. The molecule has 1 saturated heterocycles. The molecule has 5 heteroatoms. The molecule has 1 aromatic rings. The van der Waals surface area contributed by atoms with Crippen LogP contribution in [-0.4, -0.2) is 25.1 Å². The molecular formula is C13H19F2N3. The van der Waals surface area contributed by atoms with Crippen LogP contribution < -0.4 is 10.2 Å². The number of aromatic nitrogens is 1. The summed E-state index contributed by atoms with van der Waals surface area (Å²) in [6.45, 7) is 3.75. The Morgan fingerprint density at radius 1 is 1.33 bits per heavy atom. The van der Waals surface area contributed by atoms with Crippen molar-refractivity contribution in [2.45, 2.75) is 26.2 Å². The Morgan fingerprint density at radius 2 is 2.00 bits per heavy atom. The van der Waals surface area contributed by atoms with E-state index in [1.54, 1.807) is 7.05 Å². The molecule has 1 aromatic heterocycles. The minimum atomic E-state index is -0.651. The Bertz CT molecular complexity index is 415. The van der Waals surface area contributed by atoms with Crippen molar-refractivity contribution in [1.29, 1.82) is 0 Å². The van der Waals surface area contributed by atoms with Crippen LogP contribution >= 0.6 is 0 Å². The molecule has 0 saturated carbocycles. The van der Waals surface area contributed by atoms with Gasteiger partial charge in [-0.25, -0.2) is 13.8 Å². The first kappa shape index (κ1) is 13.1. The van der Waals surface area contributed by atoms with E-state index < -0.39 is 11.6 Å². The number of hydrogen-bond acceptors (Lipinski definition) is 3. The van der Waals surface area contributed by atoms with Gasteiger partial charge in [-0.2, -0.15) is 0 Å². The van der Waals surface area contributed by atoms with Crippen LogP contribution in [0.5, 0.6) is 0 Å². The van der Waals surface area contributed by atoms with Crippen molar-refractivity contribution in [3.8, 4) is 0 Å². The first-order valence-corrected chi connectivity index (χ1v) is 6.44. The Hall–Kier alpha value is -1.39. The molecule has 0 atom stereocenters. The summed E-state index contributed by atoms with van der Waals surface area (Å²) in [5, 5.41) is 2.64. The zero-order valence-electron chi connectivity index (χ0n) is 10.8. The van der Waals surface area contributed by atoms with Crippen molar-refractivity contribution < 1.29 is 8.78 Å². The minimum Gasteiger partial charge on any atom is -0.371 e. The molecule has 1 N–H and O–H groups in total. The minimum absolute atomic E-state index is 0.101. The van der Waals surface area contributed by atoms with Crippen molar-refractivity contribution in [2.24, 2.45) is 5.92 Å². The van der Waals surface area contributed by atoms with Crippen molar-refractivity contribution in [3.05, 3.63) is 17.7 Å². The second-order valence-electron chi connectivity index (χ2n) is 4.71. The van der Waals surface area contributed by atoms with Crippen LogP contribution in [0.1, 0.15) is 26.2 Å². The number of rotatable bonds is 3. The molecule has 1 fully saturated rings. The topological polar surface area (TPSA) is 28.2 Å². The number of anilines is 2. The van der Waals surface area contributed by atoms with E-state index in [0.717, 1.165) is 38.4 Å². The van der Waals surface area contributed by atoms with E-state index in [0.29, 0.717) is 5.92 Å². The van der Waals surface area contributed by atoms with Crippen LogP contribution in [0.2, 0.25) is 0 Å². The zero-order chi connectivity index (χ0) is 13.1. The lowest BCUT2D eigenvalue weighted by Crippen LogP contribution is -2.34. The van der Waals surface area contributed by atoms with Crippen LogP contribution in [-0.2, 0) is 0 Å². The average Bonchev–Trinajstić information content (AvgIpc) is 2.39. The predicted octanol–water partition coefficient (Wildman–Crippen LogP) is 3.03. The van der Waals surface area contributed by atoms with Crippen molar-refractivity contribution in [3.63, 3.8) is 0 Å². The molecule has 1 aliphatic rings. The molecule has 0 spiro atoms. The molecule has 0 aliphatic carbocycles. The number of hydrogen-bond donors (Lipinski definition) is 1. The van der Waals surface area contributed by atoms with Crippen LogP contribution in [0.25, 0.3) is 0 Å². The molecule has 18 heavy (non-hydrogen) atoms. The van der Waals surface area contributed by atoms with Gasteiger partial charge < -0.3 is 10.2 Å². The normalized spacial score (nSPS) is 17.0. The molecule has 0 unspecified atom stereocenters. The highest BCUT2D eigenvalue weighted by Gasteiger charge is 2.22. The predicted molar refractivity (Wildman–Crippen MR) is 68.9 cm³/mol. The van der Waals surface area contributed by atoms with Crippen molar-refractivity contribution in [1.82, 2.24) is 4.98 Å². The summed E-state index contributed by atoms with van der Waals surface area (Å²) in [6.07, 6.45) is 3.25. The van der Waals surface area contributed by atoms with Gasteiger partial charge in [-0.3, -0.25) is 0 Å². The van der Waals surface area contributed by atoms with Crippen LogP contribution in [0.4, 0.5) is 20.4 Å². The van der Waals surface area contributed by atoms with Gasteiger partial charge >= 0.3 is 0 Å². The summed E-state index contributed by atoms with van der Waals surface area (Å²) >= 11 is 0. The number of halogens is 2. The molecule has 3 nitrogen and oxygen atoms in total. The number of piperidine rings is 1. The SMILES string of the molecule is CCC1CCN(c2nc(NC)c(F)cc2F)CC1. The summed E-state index contributed by atoms with van der Waals surface area (Å²) in [6, 6.07) is 0.903. The molecule has 2 rings (SSSR count). The summed E-state index contributed by atoms with van der Waals surface area (Å²) in [4.78, 5) is 5.93. The van der Waals surface area contributed by atoms with Gasteiger partial charge in [-0.1, -0.05) is 13.3 Å². The van der Waals surface area contributed by atoms with E-state index in [4.69, 9.17) is 0 Å². The summed E-state index contributed by atoms with van der Waals surface area (Å²) in [5.74, 6) is -0.156. The largest absolute Gasteiger partial charge is 0.371 e. The van der Waals surface area contributed by atoms with Gasteiger partial charge in [-0.15, -0.1) is 0 Å². The number of nitrogens with one attached hydrogen (secondary N) is 1. The molecule has 1 aliphatic heterocycles. The van der Waals surface area contributed by atoms with Crippen molar-refractivity contribution >= 4 is 11.6 Å². The first-order chi connectivity index (χ1) is 8.65. The maximum atomic E-state index is 13.8. The monoisotopic (exact) mass is 255 g/mol. The highest BCUT2D eigenvalue weighted by Crippen LogP contribution is 2.27. The fourth-order valence-electron chi connectivity index (χ4n) is 2.41. The molecule has 2 heterocycles. The van der Waals surface area contributed by atoms with E-state index in [2.05, 4.69) is 17.2 Å². The second kappa shape index (κ2) is 5.50. The summed E-state index contributed by atoms with van der Waals surface area (Å²) < 4.78 is 27.1. The Morgan fingerprint density at radius 3 is 2.56 bits per heavy atom. The Kier molecular flexibility index (Phi) is 3.99. The third kappa shape index (κ3) is 2.54. The highest BCUT2D eigenvalue weighted by atomic mass is 19.1. The van der Waals surface area contributed by atoms with E-state index in [1.807, 2.05) is 4.90 Å². The lowest BCUT2D eigenvalue weighted by Gasteiger charge is -2.32. The standard InChI is InChI=1S/C13H19F2N3/c1-3-9-4-6-18(7-5-9)13-11(15)8-10(14)12(16-2)17-13/h8-9H,3-7H2,1-2H3,(H,16,17). The Labute approximate surface area is 106 Å². The molecule has 100 valence electrons. The average molecular weight is 255 g/mol.